The third-order valence-corrected chi connectivity index (χ3v) is 5.45. The van der Waals surface area contributed by atoms with E-state index in [4.69, 9.17) is 0 Å². The van der Waals surface area contributed by atoms with Crippen LogP contribution in [0.2, 0.25) is 0 Å². The van der Waals surface area contributed by atoms with Crippen molar-refractivity contribution in [3.05, 3.63) is 53.1 Å². The average molecular weight is 316 g/mol. The minimum Gasteiger partial charge on any atom is -0.382 e. The Morgan fingerprint density at radius 2 is 1.86 bits per heavy atom. The lowest BCUT2D eigenvalue weighted by molar-refractivity contribution is 0.601. The van der Waals surface area contributed by atoms with Gasteiger partial charge in [-0.25, -0.2) is 8.42 Å². The summed E-state index contributed by atoms with van der Waals surface area (Å²) in [4.78, 5) is 0.306. The van der Waals surface area contributed by atoms with Crippen LogP contribution in [0.15, 0.2) is 41.3 Å². The average Bonchev–Trinajstić information content (AvgIpc) is 2.81. The monoisotopic (exact) mass is 316 g/mol. The SMILES string of the molecule is Cc1ccc(NS(=O)(=O)c2ccc3c(c2)C[C@H](C)N3)cc1C. The second-order valence-electron chi connectivity index (χ2n) is 5.97. The van der Waals surface area contributed by atoms with Crippen LogP contribution in [0.1, 0.15) is 23.6 Å². The second kappa shape index (κ2) is 5.32. The van der Waals surface area contributed by atoms with Crippen molar-refractivity contribution in [2.24, 2.45) is 0 Å². The predicted molar refractivity (Wildman–Crippen MR) is 90.0 cm³/mol. The van der Waals surface area contributed by atoms with Crippen LogP contribution in [-0.4, -0.2) is 14.5 Å². The number of aryl methyl sites for hydroxylation is 2. The fraction of sp³-hybridized carbons (Fsp3) is 0.294. The van der Waals surface area contributed by atoms with Crippen molar-refractivity contribution in [3.63, 3.8) is 0 Å². The van der Waals surface area contributed by atoms with Crippen LogP contribution in [-0.2, 0) is 16.4 Å². The molecule has 0 saturated carbocycles. The Hall–Kier alpha value is -2.01. The van der Waals surface area contributed by atoms with E-state index in [0.717, 1.165) is 28.8 Å². The highest BCUT2D eigenvalue weighted by Gasteiger charge is 2.21. The molecule has 2 aromatic carbocycles. The number of hydrogen-bond donors (Lipinski definition) is 2. The van der Waals surface area contributed by atoms with Gasteiger partial charge in [0.25, 0.3) is 10.0 Å². The highest BCUT2D eigenvalue weighted by atomic mass is 32.2. The van der Waals surface area contributed by atoms with Crippen LogP contribution < -0.4 is 10.0 Å². The zero-order valence-electron chi connectivity index (χ0n) is 13.0. The molecule has 4 nitrogen and oxygen atoms in total. The molecule has 0 unspecified atom stereocenters. The van der Waals surface area contributed by atoms with Gasteiger partial charge in [-0.05, 0) is 74.2 Å². The summed E-state index contributed by atoms with van der Waals surface area (Å²) < 4.78 is 27.8. The van der Waals surface area contributed by atoms with Gasteiger partial charge >= 0.3 is 0 Å². The molecule has 5 heteroatoms. The predicted octanol–water partition coefficient (Wildman–Crippen LogP) is 3.46. The molecule has 2 N–H and O–H groups in total. The van der Waals surface area contributed by atoms with E-state index < -0.39 is 10.0 Å². The van der Waals surface area contributed by atoms with Gasteiger partial charge in [-0.3, -0.25) is 4.72 Å². The maximum Gasteiger partial charge on any atom is 0.261 e. The molecule has 0 aromatic heterocycles. The molecule has 116 valence electrons. The summed E-state index contributed by atoms with van der Waals surface area (Å²) in [7, 11) is -3.56. The second-order valence-corrected chi connectivity index (χ2v) is 7.66. The van der Waals surface area contributed by atoms with E-state index in [0.29, 0.717) is 16.6 Å². The highest BCUT2D eigenvalue weighted by molar-refractivity contribution is 7.92. The summed E-state index contributed by atoms with van der Waals surface area (Å²) >= 11 is 0. The fourth-order valence-electron chi connectivity index (χ4n) is 2.71. The first-order chi connectivity index (χ1) is 10.3. The number of rotatable bonds is 3. The summed E-state index contributed by atoms with van der Waals surface area (Å²) in [6, 6.07) is 11.2. The van der Waals surface area contributed by atoms with Gasteiger partial charge in [0.15, 0.2) is 0 Å². The smallest absolute Gasteiger partial charge is 0.261 e. The first-order valence-corrected chi connectivity index (χ1v) is 8.83. The Balaban J connectivity index is 1.90. The van der Waals surface area contributed by atoms with Crippen molar-refractivity contribution in [1.29, 1.82) is 0 Å². The van der Waals surface area contributed by atoms with Crippen molar-refractivity contribution in [1.82, 2.24) is 0 Å². The van der Waals surface area contributed by atoms with Crippen molar-refractivity contribution in [3.8, 4) is 0 Å². The first-order valence-electron chi connectivity index (χ1n) is 7.35. The van der Waals surface area contributed by atoms with Crippen LogP contribution in [0, 0.1) is 13.8 Å². The number of nitrogens with one attached hydrogen (secondary N) is 2. The number of anilines is 2. The Kier molecular flexibility index (Phi) is 3.60. The lowest BCUT2D eigenvalue weighted by Crippen LogP contribution is -2.13. The summed E-state index contributed by atoms with van der Waals surface area (Å²) in [5.41, 5.74) is 4.87. The molecule has 1 aliphatic rings. The third kappa shape index (κ3) is 2.81. The maximum absolute atomic E-state index is 12.5. The largest absolute Gasteiger partial charge is 0.382 e. The van der Waals surface area contributed by atoms with Crippen molar-refractivity contribution in [2.75, 3.05) is 10.0 Å². The van der Waals surface area contributed by atoms with Gasteiger partial charge < -0.3 is 5.32 Å². The quantitative estimate of drug-likeness (QED) is 0.911. The normalized spacial score (nSPS) is 17.0. The molecular formula is C17H20N2O2S. The van der Waals surface area contributed by atoms with Crippen LogP contribution >= 0.6 is 0 Å². The van der Waals surface area contributed by atoms with Gasteiger partial charge in [0.2, 0.25) is 0 Å². The molecule has 1 atom stereocenters. The van der Waals surface area contributed by atoms with E-state index in [1.807, 2.05) is 32.0 Å². The van der Waals surface area contributed by atoms with Gasteiger partial charge in [0, 0.05) is 17.4 Å². The molecule has 0 aliphatic carbocycles. The Labute approximate surface area is 131 Å². The van der Waals surface area contributed by atoms with Crippen molar-refractivity contribution >= 4 is 21.4 Å². The minimum atomic E-state index is -3.56. The van der Waals surface area contributed by atoms with Gasteiger partial charge in [0.05, 0.1) is 4.90 Å². The van der Waals surface area contributed by atoms with Crippen LogP contribution in [0.25, 0.3) is 0 Å². The fourth-order valence-corrected chi connectivity index (χ4v) is 3.81. The molecule has 0 fully saturated rings. The Morgan fingerprint density at radius 3 is 2.59 bits per heavy atom. The van der Waals surface area contributed by atoms with E-state index in [2.05, 4.69) is 17.0 Å². The van der Waals surface area contributed by atoms with Gasteiger partial charge in [-0.1, -0.05) is 6.07 Å². The van der Waals surface area contributed by atoms with E-state index in [1.165, 1.54) is 0 Å². The van der Waals surface area contributed by atoms with Gasteiger partial charge in [-0.2, -0.15) is 0 Å². The summed E-state index contributed by atoms with van der Waals surface area (Å²) in [6.07, 6.45) is 0.850. The molecule has 0 bridgehead atoms. The van der Waals surface area contributed by atoms with E-state index >= 15 is 0 Å². The molecule has 3 rings (SSSR count). The van der Waals surface area contributed by atoms with Crippen LogP contribution in [0.4, 0.5) is 11.4 Å². The topological polar surface area (TPSA) is 58.2 Å². The highest BCUT2D eigenvalue weighted by Crippen LogP contribution is 2.29. The van der Waals surface area contributed by atoms with Crippen LogP contribution in [0.5, 0.6) is 0 Å². The maximum atomic E-state index is 12.5. The summed E-state index contributed by atoms with van der Waals surface area (Å²) in [6.45, 7) is 6.05. The zero-order chi connectivity index (χ0) is 15.9. The Morgan fingerprint density at radius 1 is 1.09 bits per heavy atom. The van der Waals surface area contributed by atoms with Gasteiger partial charge in [0.1, 0.15) is 0 Å². The zero-order valence-corrected chi connectivity index (χ0v) is 13.8. The molecule has 1 heterocycles. The van der Waals surface area contributed by atoms with E-state index in [1.54, 1.807) is 18.2 Å². The molecule has 2 aromatic rings. The van der Waals surface area contributed by atoms with E-state index in [-0.39, 0.29) is 0 Å². The first kappa shape index (κ1) is 14.9. The molecule has 1 aliphatic heterocycles. The van der Waals surface area contributed by atoms with E-state index in [9.17, 15) is 8.42 Å². The summed E-state index contributed by atoms with van der Waals surface area (Å²) in [5.74, 6) is 0. The lowest BCUT2D eigenvalue weighted by Gasteiger charge is -2.11. The standard InChI is InChI=1S/C17H20N2O2S/c1-11-4-5-15(8-12(11)2)19-22(20,21)16-6-7-17-14(10-16)9-13(3)18-17/h4-8,10,13,18-19H,9H2,1-3H3/t13-/m0/s1. The molecule has 0 amide bonds. The number of sulfonamides is 1. The van der Waals surface area contributed by atoms with Crippen molar-refractivity contribution in [2.45, 2.75) is 38.1 Å². The molecular weight excluding hydrogens is 296 g/mol. The van der Waals surface area contributed by atoms with Crippen molar-refractivity contribution < 1.29 is 8.42 Å². The molecule has 22 heavy (non-hydrogen) atoms. The lowest BCUT2D eigenvalue weighted by atomic mass is 10.1. The molecule has 0 saturated heterocycles. The Bertz CT molecular complexity index is 829. The molecule has 0 radical (unpaired) electrons. The number of benzene rings is 2. The third-order valence-electron chi connectivity index (χ3n) is 4.07. The number of hydrogen-bond acceptors (Lipinski definition) is 3. The minimum absolute atomic E-state index is 0.306. The number of fused-ring (bicyclic) bond motifs is 1. The summed E-state index contributed by atoms with van der Waals surface area (Å²) in [5, 5.41) is 3.32. The molecule has 0 spiro atoms. The van der Waals surface area contributed by atoms with Crippen LogP contribution in [0.3, 0.4) is 0 Å². The van der Waals surface area contributed by atoms with Gasteiger partial charge in [-0.15, -0.1) is 0 Å².